The molecular formula is C17H22N4O2. The molecule has 1 aliphatic heterocycles. The Morgan fingerprint density at radius 3 is 2.83 bits per heavy atom. The number of hydrogen-bond acceptors (Lipinski definition) is 4. The summed E-state index contributed by atoms with van der Waals surface area (Å²) in [5.74, 6) is 0.700. The fourth-order valence-corrected chi connectivity index (χ4v) is 3.40. The van der Waals surface area contributed by atoms with Gasteiger partial charge >= 0.3 is 0 Å². The highest BCUT2D eigenvalue weighted by atomic mass is 16.5. The van der Waals surface area contributed by atoms with Crippen molar-refractivity contribution in [3.05, 3.63) is 40.8 Å². The third kappa shape index (κ3) is 2.69. The molecule has 23 heavy (non-hydrogen) atoms. The van der Waals surface area contributed by atoms with Crippen LogP contribution in [0.1, 0.15) is 46.3 Å². The van der Waals surface area contributed by atoms with E-state index in [1.165, 1.54) is 0 Å². The number of aryl methyl sites for hydroxylation is 3. The summed E-state index contributed by atoms with van der Waals surface area (Å²) in [6.45, 7) is 4.59. The maximum atomic E-state index is 12.9. The molecule has 0 radical (unpaired) electrons. The highest BCUT2D eigenvalue weighted by molar-refractivity contribution is 5.92. The summed E-state index contributed by atoms with van der Waals surface area (Å²) >= 11 is 0. The second-order valence-corrected chi connectivity index (χ2v) is 5.95. The zero-order valence-corrected chi connectivity index (χ0v) is 14.0. The number of likely N-dealkylation sites (tertiary alicyclic amines) is 1. The predicted octanol–water partition coefficient (Wildman–Crippen LogP) is 2.42. The molecule has 2 aromatic heterocycles. The molecule has 0 saturated carbocycles. The number of aromatic nitrogens is 3. The van der Waals surface area contributed by atoms with E-state index in [9.17, 15) is 4.79 Å². The van der Waals surface area contributed by atoms with Gasteiger partial charge in [0.2, 0.25) is 5.88 Å². The largest absolute Gasteiger partial charge is 0.481 e. The van der Waals surface area contributed by atoms with E-state index in [-0.39, 0.29) is 11.9 Å². The van der Waals surface area contributed by atoms with Crippen LogP contribution >= 0.6 is 0 Å². The Hall–Kier alpha value is -2.37. The van der Waals surface area contributed by atoms with Crippen molar-refractivity contribution in [2.75, 3.05) is 13.7 Å². The number of carbonyl (C=O) groups excluding carboxylic acids is 1. The number of hydrogen-bond donors (Lipinski definition) is 0. The molecule has 1 saturated heterocycles. The van der Waals surface area contributed by atoms with Crippen molar-refractivity contribution < 1.29 is 9.53 Å². The standard InChI is InChI=1S/C17H22N4O2/c1-11-7-5-8-13(18-11)16(22)21-10-6-9-14(21)15-12(2)19-20(3)17(15)23-4/h5,7-8,14H,6,9-10H2,1-4H3/t14-/m1/s1. The van der Waals surface area contributed by atoms with Crippen molar-refractivity contribution in [3.8, 4) is 5.88 Å². The lowest BCUT2D eigenvalue weighted by Crippen LogP contribution is -2.31. The second kappa shape index (κ2) is 6.02. The molecule has 6 heteroatoms. The Balaban J connectivity index is 1.96. The van der Waals surface area contributed by atoms with Gasteiger partial charge in [0.05, 0.1) is 24.4 Å². The van der Waals surface area contributed by atoms with E-state index < -0.39 is 0 Å². The molecule has 0 N–H and O–H groups in total. The monoisotopic (exact) mass is 314 g/mol. The van der Waals surface area contributed by atoms with Crippen LogP contribution < -0.4 is 4.74 Å². The van der Waals surface area contributed by atoms with E-state index in [4.69, 9.17) is 4.74 Å². The van der Waals surface area contributed by atoms with E-state index in [0.717, 1.165) is 42.2 Å². The lowest BCUT2D eigenvalue weighted by molar-refractivity contribution is 0.0727. The average molecular weight is 314 g/mol. The quantitative estimate of drug-likeness (QED) is 0.873. The molecule has 0 aromatic carbocycles. The number of amides is 1. The van der Waals surface area contributed by atoms with Gasteiger partial charge < -0.3 is 9.64 Å². The van der Waals surface area contributed by atoms with Crippen LogP contribution in [0, 0.1) is 13.8 Å². The molecule has 3 heterocycles. The Kier molecular flexibility index (Phi) is 4.07. The third-order valence-electron chi connectivity index (χ3n) is 4.36. The van der Waals surface area contributed by atoms with Gasteiger partial charge in [-0.05, 0) is 38.8 Å². The van der Waals surface area contributed by atoms with Crippen molar-refractivity contribution in [1.29, 1.82) is 0 Å². The summed E-state index contributed by atoms with van der Waals surface area (Å²) in [5, 5.41) is 4.45. The predicted molar refractivity (Wildman–Crippen MR) is 86.5 cm³/mol. The molecule has 1 fully saturated rings. The third-order valence-corrected chi connectivity index (χ3v) is 4.36. The van der Waals surface area contributed by atoms with Gasteiger partial charge in [0.1, 0.15) is 5.69 Å². The number of rotatable bonds is 3. The SMILES string of the molecule is COc1c([C@H]2CCCN2C(=O)c2cccc(C)n2)c(C)nn1C. The van der Waals surface area contributed by atoms with Crippen molar-refractivity contribution in [2.24, 2.45) is 7.05 Å². The van der Waals surface area contributed by atoms with Gasteiger partial charge in [-0.2, -0.15) is 5.10 Å². The Labute approximate surface area is 136 Å². The molecule has 0 bridgehead atoms. The van der Waals surface area contributed by atoms with Gasteiger partial charge in [0, 0.05) is 19.3 Å². The molecule has 1 atom stereocenters. The van der Waals surface area contributed by atoms with Crippen molar-refractivity contribution in [1.82, 2.24) is 19.7 Å². The maximum Gasteiger partial charge on any atom is 0.272 e. The summed E-state index contributed by atoms with van der Waals surface area (Å²) < 4.78 is 7.24. The first-order valence-corrected chi connectivity index (χ1v) is 7.85. The van der Waals surface area contributed by atoms with Crippen LogP contribution in [0.3, 0.4) is 0 Å². The Bertz CT molecular complexity index is 738. The number of carbonyl (C=O) groups is 1. The fourth-order valence-electron chi connectivity index (χ4n) is 3.40. The molecule has 2 aromatic rings. The van der Waals surface area contributed by atoms with Gasteiger partial charge in [-0.25, -0.2) is 9.67 Å². The van der Waals surface area contributed by atoms with Gasteiger partial charge in [-0.3, -0.25) is 4.79 Å². The van der Waals surface area contributed by atoms with E-state index in [1.54, 1.807) is 17.9 Å². The fraction of sp³-hybridized carbons (Fsp3) is 0.471. The summed E-state index contributed by atoms with van der Waals surface area (Å²) in [6.07, 6.45) is 1.89. The number of pyridine rings is 1. The number of ether oxygens (including phenoxy) is 1. The van der Waals surface area contributed by atoms with Crippen LogP contribution in [0.2, 0.25) is 0 Å². The van der Waals surface area contributed by atoms with Gasteiger partial charge in [0.25, 0.3) is 5.91 Å². The van der Waals surface area contributed by atoms with Crippen LogP contribution in [0.25, 0.3) is 0 Å². The van der Waals surface area contributed by atoms with Gasteiger partial charge in [-0.15, -0.1) is 0 Å². The summed E-state index contributed by atoms with van der Waals surface area (Å²) in [5.41, 5.74) is 3.26. The molecule has 0 aliphatic carbocycles. The van der Waals surface area contributed by atoms with Crippen molar-refractivity contribution in [2.45, 2.75) is 32.7 Å². The summed E-state index contributed by atoms with van der Waals surface area (Å²) in [6, 6.07) is 5.54. The Morgan fingerprint density at radius 1 is 1.35 bits per heavy atom. The zero-order chi connectivity index (χ0) is 16.6. The topological polar surface area (TPSA) is 60.2 Å². The van der Waals surface area contributed by atoms with Crippen LogP contribution in [0.4, 0.5) is 0 Å². The molecular weight excluding hydrogens is 292 g/mol. The number of nitrogens with zero attached hydrogens (tertiary/aromatic N) is 4. The van der Waals surface area contributed by atoms with Crippen LogP contribution in [-0.2, 0) is 7.05 Å². The van der Waals surface area contributed by atoms with Crippen LogP contribution in [0.15, 0.2) is 18.2 Å². The minimum Gasteiger partial charge on any atom is -0.481 e. The summed E-state index contributed by atoms with van der Waals surface area (Å²) in [7, 11) is 3.50. The molecule has 1 aliphatic rings. The highest BCUT2D eigenvalue weighted by Gasteiger charge is 2.35. The van der Waals surface area contributed by atoms with Crippen molar-refractivity contribution in [3.63, 3.8) is 0 Å². The molecule has 1 amide bonds. The second-order valence-electron chi connectivity index (χ2n) is 5.95. The smallest absolute Gasteiger partial charge is 0.272 e. The maximum absolute atomic E-state index is 12.9. The van der Waals surface area contributed by atoms with E-state index in [2.05, 4.69) is 10.1 Å². The molecule has 122 valence electrons. The molecule has 3 rings (SSSR count). The first-order chi connectivity index (χ1) is 11.0. The molecule has 0 spiro atoms. The van der Waals surface area contributed by atoms with E-state index in [0.29, 0.717) is 5.69 Å². The lowest BCUT2D eigenvalue weighted by Gasteiger charge is -2.25. The van der Waals surface area contributed by atoms with Crippen LogP contribution in [-0.4, -0.2) is 39.2 Å². The minimum atomic E-state index is -0.0264. The van der Waals surface area contributed by atoms with Gasteiger partial charge in [0.15, 0.2) is 0 Å². The molecule has 6 nitrogen and oxygen atoms in total. The molecule has 0 unspecified atom stereocenters. The van der Waals surface area contributed by atoms with E-state index in [1.807, 2.05) is 37.9 Å². The lowest BCUT2D eigenvalue weighted by atomic mass is 10.0. The Morgan fingerprint density at radius 2 is 2.13 bits per heavy atom. The average Bonchev–Trinajstić information content (AvgIpc) is 3.09. The highest BCUT2D eigenvalue weighted by Crippen LogP contribution is 2.39. The summed E-state index contributed by atoms with van der Waals surface area (Å²) in [4.78, 5) is 19.2. The zero-order valence-electron chi connectivity index (χ0n) is 14.0. The number of methoxy groups -OCH3 is 1. The first-order valence-electron chi connectivity index (χ1n) is 7.85. The van der Waals surface area contributed by atoms with Gasteiger partial charge in [-0.1, -0.05) is 6.07 Å². The van der Waals surface area contributed by atoms with Crippen LogP contribution in [0.5, 0.6) is 5.88 Å². The van der Waals surface area contributed by atoms with E-state index >= 15 is 0 Å². The van der Waals surface area contributed by atoms with Crippen molar-refractivity contribution >= 4 is 5.91 Å². The normalized spacial score (nSPS) is 17.6. The first kappa shape index (κ1) is 15.5. The minimum absolute atomic E-state index is 0.00605.